The second-order valence-electron chi connectivity index (χ2n) is 6.12. The first-order chi connectivity index (χ1) is 11.7. The Morgan fingerprint density at radius 1 is 1.00 bits per heavy atom. The van der Waals surface area contributed by atoms with Crippen LogP contribution in [0.25, 0.3) is 0 Å². The van der Waals surface area contributed by atoms with E-state index in [-0.39, 0.29) is 18.4 Å². The minimum atomic E-state index is -0.231. The molecular weight excluding hydrogens is 304 g/mol. The predicted octanol–water partition coefficient (Wildman–Crippen LogP) is 2.13. The molecule has 1 aromatic carbocycles. The summed E-state index contributed by atoms with van der Waals surface area (Å²) < 4.78 is 5.13. The summed E-state index contributed by atoms with van der Waals surface area (Å²) in [5, 5.41) is 5.36. The van der Waals surface area contributed by atoms with Gasteiger partial charge in [-0.05, 0) is 54.5 Å². The number of benzene rings is 1. The summed E-state index contributed by atoms with van der Waals surface area (Å²) >= 11 is 0. The number of amides is 2. The van der Waals surface area contributed by atoms with Crippen LogP contribution in [-0.4, -0.2) is 18.4 Å². The van der Waals surface area contributed by atoms with Crippen LogP contribution in [0.1, 0.15) is 35.3 Å². The van der Waals surface area contributed by atoms with Crippen molar-refractivity contribution in [3.8, 4) is 0 Å². The lowest BCUT2D eigenvalue weighted by Crippen LogP contribution is -2.37. The molecular formula is C19H22N2O3. The predicted molar refractivity (Wildman–Crippen MR) is 90.4 cm³/mol. The molecule has 1 aliphatic rings. The van der Waals surface area contributed by atoms with Gasteiger partial charge in [-0.2, -0.15) is 0 Å². The molecule has 2 N–H and O–H groups in total. The van der Waals surface area contributed by atoms with E-state index in [1.807, 2.05) is 6.07 Å². The first-order valence-corrected chi connectivity index (χ1v) is 8.37. The van der Waals surface area contributed by atoms with Crippen LogP contribution in [0.15, 0.2) is 41.0 Å². The van der Waals surface area contributed by atoms with Gasteiger partial charge in [0.05, 0.1) is 25.8 Å². The molecule has 1 heterocycles. The van der Waals surface area contributed by atoms with E-state index in [1.54, 1.807) is 18.4 Å². The van der Waals surface area contributed by atoms with Gasteiger partial charge in [-0.3, -0.25) is 9.59 Å². The van der Waals surface area contributed by atoms with Gasteiger partial charge >= 0.3 is 0 Å². The highest BCUT2D eigenvalue weighted by atomic mass is 16.3. The summed E-state index contributed by atoms with van der Waals surface area (Å²) in [4.78, 5) is 23.7. The molecule has 1 aliphatic carbocycles. The average Bonchev–Trinajstić information content (AvgIpc) is 3.11. The summed E-state index contributed by atoms with van der Waals surface area (Å²) in [6.07, 6.45) is 6.57. The van der Waals surface area contributed by atoms with Gasteiger partial charge in [-0.1, -0.05) is 18.2 Å². The zero-order chi connectivity index (χ0) is 16.8. The molecule has 0 saturated carbocycles. The van der Waals surface area contributed by atoms with Crippen molar-refractivity contribution >= 4 is 11.8 Å². The van der Waals surface area contributed by atoms with Crippen LogP contribution in [0.3, 0.4) is 0 Å². The van der Waals surface area contributed by atoms with E-state index in [2.05, 4.69) is 22.8 Å². The van der Waals surface area contributed by atoms with E-state index < -0.39 is 0 Å². The molecule has 2 aromatic rings. The second-order valence-corrected chi connectivity index (χ2v) is 6.12. The molecule has 0 aliphatic heterocycles. The highest BCUT2D eigenvalue weighted by molar-refractivity contribution is 5.85. The molecule has 0 saturated heterocycles. The number of hydrogen-bond acceptors (Lipinski definition) is 3. The van der Waals surface area contributed by atoms with Crippen molar-refractivity contribution in [3.63, 3.8) is 0 Å². The van der Waals surface area contributed by atoms with Gasteiger partial charge in [0.2, 0.25) is 11.8 Å². The maximum Gasteiger partial charge on any atom is 0.239 e. The number of fused-ring (bicyclic) bond motifs is 1. The number of aryl methyl sites for hydroxylation is 2. The van der Waals surface area contributed by atoms with Crippen molar-refractivity contribution in [2.45, 2.75) is 38.6 Å². The zero-order valence-electron chi connectivity index (χ0n) is 13.6. The molecule has 0 fully saturated rings. The molecule has 24 heavy (non-hydrogen) atoms. The van der Waals surface area contributed by atoms with Crippen molar-refractivity contribution in [3.05, 3.63) is 59.0 Å². The lowest BCUT2D eigenvalue weighted by Gasteiger charge is -2.16. The largest absolute Gasteiger partial charge is 0.467 e. The molecule has 0 unspecified atom stereocenters. The monoisotopic (exact) mass is 326 g/mol. The van der Waals surface area contributed by atoms with Crippen molar-refractivity contribution in [2.24, 2.45) is 0 Å². The summed E-state index contributed by atoms with van der Waals surface area (Å²) in [5.74, 6) is 0.313. The van der Waals surface area contributed by atoms with Crippen molar-refractivity contribution < 1.29 is 14.0 Å². The molecule has 5 nitrogen and oxygen atoms in total. The van der Waals surface area contributed by atoms with Gasteiger partial charge in [0.25, 0.3) is 0 Å². The normalized spacial score (nSPS) is 13.2. The Kier molecular flexibility index (Phi) is 5.31. The van der Waals surface area contributed by atoms with Gasteiger partial charge in [0.15, 0.2) is 0 Å². The second kappa shape index (κ2) is 7.81. The molecule has 0 radical (unpaired) electrons. The van der Waals surface area contributed by atoms with Gasteiger partial charge in [0, 0.05) is 0 Å². The fourth-order valence-corrected chi connectivity index (χ4v) is 2.98. The minimum Gasteiger partial charge on any atom is -0.467 e. The third kappa shape index (κ3) is 4.47. The maximum absolute atomic E-state index is 12.0. The fraction of sp³-hybridized carbons (Fsp3) is 0.368. The SMILES string of the molecule is O=C(CNC(=O)Cc1ccc2c(c1)CCCC2)NCc1ccco1. The van der Waals surface area contributed by atoms with Crippen molar-refractivity contribution in [2.75, 3.05) is 6.54 Å². The number of carbonyl (C=O) groups excluding carboxylic acids is 2. The first-order valence-electron chi connectivity index (χ1n) is 8.37. The number of nitrogens with one attached hydrogen (secondary N) is 2. The van der Waals surface area contributed by atoms with Gasteiger partial charge in [-0.25, -0.2) is 0 Å². The highest BCUT2D eigenvalue weighted by Gasteiger charge is 2.12. The van der Waals surface area contributed by atoms with Crippen LogP contribution in [0, 0.1) is 0 Å². The summed E-state index contributed by atoms with van der Waals surface area (Å²) in [5.41, 5.74) is 3.77. The Hall–Kier alpha value is -2.56. The third-order valence-electron chi connectivity index (χ3n) is 4.26. The van der Waals surface area contributed by atoms with Crippen molar-refractivity contribution in [1.82, 2.24) is 10.6 Å². The summed E-state index contributed by atoms with van der Waals surface area (Å²) in [6, 6.07) is 9.83. The van der Waals surface area contributed by atoms with Crippen LogP contribution in [0.2, 0.25) is 0 Å². The van der Waals surface area contributed by atoms with E-state index in [4.69, 9.17) is 4.42 Å². The third-order valence-corrected chi connectivity index (χ3v) is 4.26. The number of furan rings is 1. The lowest BCUT2D eigenvalue weighted by molar-refractivity contribution is -0.125. The zero-order valence-corrected chi connectivity index (χ0v) is 13.6. The van der Waals surface area contributed by atoms with Crippen LogP contribution >= 0.6 is 0 Å². The average molecular weight is 326 g/mol. The molecule has 0 atom stereocenters. The Morgan fingerprint density at radius 2 is 1.83 bits per heavy atom. The Morgan fingerprint density at radius 3 is 2.62 bits per heavy atom. The fourth-order valence-electron chi connectivity index (χ4n) is 2.98. The van der Waals surface area contributed by atoms with Gasteiger partial charge in [-0.15, -0.1) is 0 Å². The highest BCUT2D eigenvalue weighted by Crippen LogP contribution is 2.22. The van der Waals surface area contributed by atoms with Crippen LogP contribution < -0.4 is 10.6 Å². The lowest BCUT2D eigenvalue weighted by atomic mass is 9.90. The van der Waals surface area contributed by atoms with Crippen LogP contribution in [0.5, 0.6) is 0 Å². The van der Waals surface area contributed by atoms with E-state index in [9.17, 15) is 9.59 Å². The Bertz CT molecular complexity index is 707. The van der Waals surface area contributed by atoms with E-state index in [0.29, 0.717) is 18.7 Å². The first kappa shape index (κ1) is 16.3. The molecule has 126 valence electrons. The molecule has 0 bridgehead atoms. The topological polar surface area (TPSA) is 71.3 Å². The summed E-state index contributed by atoms with van der Waals surface area (Å²) in [6.45, 7) is 0.303. The molecule has 5 heteroatoms. The quantitative estimate of drug-likeness (QED) is 0.854. The number of hydrogen-bond donors (Lipinski definition) is 2. The molecule has 3 rings (SSSR count). The standard InChI is InChI=1S/C19H22N2O3/c22-18(21-13-19(23)20-12-17-6-3-9-24-17)11-14-7-8-15-4-1-2-5-16(15)10-14/h3,6-10H,1-2,4-5,11-13H2,(H,20,23)(H,21,22). The van der Waals surface area contributed by atoms with Crippen molar-refractivity contribution in [1.29, 1.82) is 0 Å². The summed E-state index contributed by atoms with van der Waals surface area (Å²) in [7, 11) is 0. The molecule has 0 spiro atoms. The van der Waals surface area contributed by atoms with E-state index in [0.717, 1.165) is 18.4 Å². The number of carbonyl (C=O) groups is 2. The van der Waals surface area contributed by atoms with Gasteiger partial charge in [0.1, 0.15) is 5.76 Å². The van der Waals surface area contributed by atoms with E-state index >= 15 is 0 Å². The smallest absolute Gasteiger partial charge is 0.239 e. The molecule has 2 amide bonds. The number of rotatable bonds is 6. The minimum absolute atomic E-state index is 0.0233. The molecule has 1 aromatic heterocycles. The Balaban J connectivity index is 1.43. The van der Waals surface area contributed by atoms with E-state index in [1.165, 1.54) is 24.0 Å². The maximum atomic E-state index is 12.0. The van der Waals surface area contributed by atoms with Crippen LogP contribution in [-0.2, 0) is 35.4 Å². The van der Waals surface area contributed by atoms with Crippen LogP contribution in [0.4, 0.5) is 0 Å². The van der Waals surface area contributed by atoms with Gasteiger partial charge < -0.3 is 15.1 Å². The Labute approximate surface area is 141 Å².